The van der Waals surface area contributed by atoms with Crippen molar-refractivity contribution in [1.29, 1.82) is 0 Å². The number of nitrogens with zero attached hydrogens (tertiary/aromatic N) is 2. The van der Waals surface area contributed by atoms with Gasteiger partial charge in [0, 0.05) is 37.4 Å². The number of piperazine rings is 1. The molecule has 0 bridgehead atoms. The van der Waals surface area contributed by atoms with Gasteiger partial charge in [-0.3, -0.25) is 4.79 Å². The average Bonchev–Trinajstić information content (AvgIpc) is 2.87. The van der Waals surface area contributed by atoms with Gasteiger partial charge in [0.05, 0.1) is 12.7 Å². The van der Waals surface area contributed by atoms with Gasteiger partial charge < -0.3 is 14.5 Å². The topological polar surface area (TPSA) is 32.8 Å². The van der Waals surface area contributed by atoms with Crippen LogP contribution in [0.25, 0.3) is 11.6 Å². The summed E-state index contributed by atoms with van der Waals surface area (Å²) in [7, 11) is 1.60. The van der Waals surface area contributed by atoms with Crippen LogP contribution in [0.2, 0.25) is 0 Å². The molecule has 0 spiro atoms. The van der Waals surface area contributed by atoms with E-state index in [2.05, 4.69) is 0 Å². The minimum Gasteiger partial charge on any atom is -0.497 e. The van der Waals surface area contributed by atoms with Crippen LogP contribution in [0.1, 0.15) is 16.7 Å². The molecule has 1 fully saturated rings. The minimum absolute atomic E-state index is 0.106. The molecule has 0 saturated carbocycles. The normalized spacial score (nSPS) is 14.8. The number of carbonyl (C=O) groups excluding carboxylic acids is 1. The van der Waals surface area contributed by atoms with E-state index in [1.807, 2.05) is 65.6 Å². The van der Waals surface area contributed by atoms with Crippen molar-refractivity contribution in [3.05, 3.63) is 95.6 Å². The highest BCUT2D eigenvalue weighted by atomic mass is 19.4. The fourth-order valence-corrected chi connectivity index (χ4v) is 3.97. The molecule has 1 heterocycles. The molecule has 0 unspecified atom stereocenters. The van der Waals surface area contributed by atoms with E-state index in [0.717, 1.165) is 29.0 Å². The lowest BCUT2D eigenvalue weighted by Gasteiger charge is -2.36. The summed E-state index contributed by atoms with van der Waals surface area (Å²) in [5.41, 5.74) is 2.09. The summed E-state index contributed by atoms with van der Waals surface area (Å²) in [4.78, 5) is 17.2. The summed E-state index contributed by atoms with van der Waals surface area (Å²) in [6, 6.07) is 22.2. The molecular weight excluding hydrogens is 441 g/mol. The predicted molar refractivity (Wildman–Crippen MR) is 128 cm³/mol. The largest absolute Gasteiger partial charge is 0.497 e. The Labute approximate surface area is 196 Å². The Bertz CT molecular complexity index is 1150. The van der Waals surface area contributed by atoms with Gasteiger partial charge in [-0.25, -0.2) is 0 Å². The second-order valence-corrected chi connectivity index (χ2v) is 8.02. The zero-order chi connectivity index (χ0) is 24.1. The molecule has 4 nitrogen and oxygen atoms in total. The van der Waals surface area contributed by atoms with Gasteiger partial charge in [-0.05, 0) is 47.5 Å². The van der Waals surface area contributed by atoms with Crippen molar-refractivity contribution in [1.82, 2.24) is 4.90 Å². The third kappa shape index (κ3) is 5.42. The number of alkyl halides is 3. The molecule has 0 atom stereocenters. The predicted octanol–water partition coefficient (Wildman–Crippen LogP) is 5.60. The Morgan fingerprint density at radius 1 is 0.882 bits per heavy atom. The first kappa shape index (κ1) is 23.4. The van der Waals surface area contributed by atoms with Crippen LogP contribution in [0, 0.1) is 0 Å². The number of benzene rings is 3. The second kappa shape index (κ2) is 10.0. The van der Waals surface area contributed by atoms with E-state index in [9.17, 15) is 18.0 Å². The van der Waals surface area contributed by atoms with E-state index < -0.39 is 11.7 Å². The summed E-state index contributed by atoms with van der Waals surface area (Å²) in [6.45, 7) is 1.75. The number of halogens is 3. The van der Waals surface area contributed by atoms with Gasteiger partial charge in [0.2, 0.25) is 0 Å². The van der Waals surface area contributed by atoms with Crippen LogP contribution < -0.4 is 9.64 Å². The standard InChI is InChI=1S/C27H25F3N2O2/c1-34-24-12-10-20(11-13-24)18-25(21-6-3-2-4-7-21)26(33)32-16-14-31(15-17-32)23-9-5-8-22(19-23)27(28,29)30/h2-13,18-19H,14-17H2,1H3/b25-18+. The third-order valence-corrected chi connectivity index (χ3v) is 5.85. The van der Waals surface area contributed by atoms with Crippen LogP contribution in [-0.2, 0) is 11.0 Å². The first-order valence-corrected chi connectivity index (χ1v) is 11.0. The molecule has 1 saturated heterocycles. The van der Waals surface area contributed by atoms with E-state index in [0.29, 0.717) is 37.4 Å². The van der Waals surface area contributed by atoms with Crippen LogP contribution in [0.15, 0.2) is 78.9 Å². The highest BCUT2D eigenvalue weighted by Gasteiger charge is 2.31. The zero-order valence-corrected chi connectivity index (χ0v) is 18.8. The minimum atomic E-state index is -4.38. The van der Waals surface area contributed by atoms with E-state index in [1.165, 1.54) is 6.07 Å². The first-order valence-electron chi connectivity index (χ1n) is 11.0. The number of carbonyl (C=O) groups is 1. The fraction of sp³-hybridized carbons (Fsp3) is 0.222. The molecule has 0 N–H and O–H groups in total. The summed E-state index contributed by atoms with van der Waals surface area (Å²) in [5, 5.41) is 0. The summed E-state index contributed by atoms with van der Waals surface area (Å²) < 4.78 is 44.5. The lowest BCUT2D eigenvalue weighted by atomic mass is 10.0. The molecule has 34 heavy (non-hydrogen) atoms. The molecule has 176 valence electrons. The van der Waals surface area contributed by atoms with Gasteiger partial charge in [0.1, 0.15) is 5.75 Å². The van der Waals surface area contributed by atoms with E-state index in [4.69, 9.17) is 4.74 Å². The van der Waals surface area contributed by atoms with Crippen molar-refractivity contribution in [3.8, 4) is 5.75 Å². The van der Waals surface area contributed by atoms with Crippen LogP contribution in [0.3, 0.4) is 0 Å². The quantitative estimate of drug-likeness (QED) is 0.362. The maximum atomic E-state index is 13.5. The Balaban J connectivity index is 1.52. The maximum Gasteiger partial charge on any atom is 0.416 e. The Morgan fingerprint density at radius 2 is 1.56 bits per heavy atom. The van der Waals surface area contributed by atoms with E-state index in [-0.39, 0.29) is 5.91 Å². The summed E-state index contributed by atoms with van der Waals surface area (Å²) >= 11 is 0. The molecule has 0 aromatic heterocycles. The van der Waals surface area contributed by atoms with Crippen LogP contribution in [0.4, 0.5) is 18.9 Å². The van der Waals surface area contributed by atoms with Gasteiger partial charge in [0.25, 0.3) is 5.91 Å². The number of hydrogen-bond acceptors (Lipinski definition) is 3. The van der Waals surface area contributed by atoms with E-state index >= 15 is 0 Å². The van der Waals surface area contributed by atoms with Crippen LogP contribution >= 0.6 is 0 Å². The van der Waals surface area contributed by atoms with Crippen molar-refractivity contribution >= 4 is 23.2 Å². The molecule has 1 aliphatic heterocycles. The van der Waals surface area contributed by atoms with Gasteiger partial charge in [-0.2, -0.15) is 13.2 Å². The molecule has 7 heteroatoms. The lowest BCUT2D eigenvalue weighted by Crippen LogP contribution is -2.49. The molecule has 0 aliphatic carbocycles. The highest BCUT2D eigenvalue weighted by Crippen LogP contribution is 2.32. The molecule has 3 aromatic rings. The molecule has 4 rings (SSSR count). The Kier molecular flexibility index (Phi) is 6.91. The van der Waals surface area contributed by atoms with Crippen molar-refractivity contribution in [3.63, 3.8) is 0 Å². The van der Waals surface area contributed by atoms with Gasteiger partial charge in [-0.1, -0.05) is 48.5 Å². The van der Waals surface area contributed by atoms with Gasteiger partial charge in [-0.15, -0.1) is 0 Å². The van der Waals surface area contributed by atoms with Crippen molar-refractivity contribution < 1.29 is 22.7 Å². The summed E-state index contributed by atoms with van der Waals surface area (Å²) in [5.74, 6) is 0.626. The van der Waals surface area contributed by atoms with Crippen molar-refractivity contribution in [2.75, 3.05) is 38.2 Å². The average molecular weight is 467 g/mol. The van der Waals surface area contributed by atoms with Gasteiger partial charge >= 0.3 is 6.18 Å². The third-order valence-electron chi connectivity index (χ3n) is 5.85. The number of hydrogen-bond donors (Lipinski definition) is 0. The number of methoxy groups -OCH3 is 1. The van der Waals surface area contributed by atoms with E-state index in [1.54, 1.807) is 18.1 Å². The fourth-order valence-electron chi connectivity index (χ4n) is 3.97. The highest BCUT2D eigenvalue weighted by molar-refractivity contribution is 6.24. The van der Waals surface area contributed by atoms with Crippen LogP contribution in [-0.4, -0.2) is 44.1 Å². The number of anilines is 1. The van der Waals surface area contributed by atoms with Crippen LogP contribution in [0.5, 0.6) is 5.75 Å². The molecule has 0 radical (unpaired) electrons. The molecule has 1 aliphatic rings. The number of rotatable bonds is 5. The Morgan fingerprint density at radius 3 is 2.18 bits per heavy atom. The number of ether oxygens (including phenoxy) is 1. The van der Waals surface area contributed by atoms with Gasteiger partial charge in [0.15, 0.2) is 0 Å². The lowest BCUT2D eigenvalue weighted by molar-refractivity contribution is -0.137. The maximum absolute atomic E-state index is 13.5. The smallest absolute Gasteiger partial charge is 0.416 e. The monoisotopic (exact) mass is 466 g/mol. The SMILES string of the molecule is COc1ccc(/C=C(/C(=O)N2CCN(c3cccc(C(F)(F)F)c3)CC2)c2ccccc2)cc1. The Hall–Kier alpha value is -3.74. The van der Waals surface area contributed by atoms with Crippen molar-refractivity contribution in [2.45, 2.75) is 6.18 Å². The van der Waals surface area contributed by atoms with Crippen molar-refractivity contribution in [2.24, 2.45) is 0 Å². The molecule has 1 amide bonds. The second-order valence-electron chi connectivity index (χ2n) is 8.02. The zero-order valence-electron chi connectivity index (χ0n) is 18.8. The number of amides is 1. The molecular formula is C27H25F3N2O2. The molecule has 3 aromatic carbocycles. The first-order chi connectivity index (χ1) is 16.3. The summed E-state index contributed by atoms with van der Waals surface area (Å²) in [6.07, 6.45) is -2.53.